The minimum Gasteiger partial charge on any atom is -0.378 e. The molecule has 1 saturated heterocycles. The normalized spacial score (nSPS) is 21.3. The lowest BCUT2D eigenvalue weighted by molar-refractivity contribution is 0.104. The molecular weight excluding hydrogens is 226 g/mol. The number of hydrogen-bond acceptors (Lipinski definition) is 3. The van der Waals surface area contributed by atoms with Crippen molar-refractivity contribution >= 4 is 0 Å². The second kappa shape index (κ2) is 6.90. The highest BCUT2D eigenvalue weighted by molar-refractivity contribution is 4.99. The zero-order valence-electron chi connectivity index (χ0n) is 11.6. The summed E-state index contributed by atoms with van der Waals surface area (Å²) in [5.41, 5.74) is 1.13. The SMILES string of the molecule is CCC(C)n1ccc(CNCCC2CCCO2)n1. The van der Waals surface area contributed by atoms with Crippen molar-refractivity contribution in [1.82, 2.24) is 15.1 Å². The van der Waals surface area contributed by atoms with Crippen LogP contribution in [0.2, 0.25) is 0 Å². The number of ether oxygens (including phenoxy) is 1. The summed E-state index contributed by atoms with van der Waals surface area (Å²) in [6, 6.07) is 2.59. The molecule has 0 bridgehead atoms. The van der Waals surface area contributed by atoms with Crippen molar-refractivity contribution in [2.24, 2.45) is 0 Å². The molecule has 2 atom stereocenters. The fraction of sp³-hybridized carbons (Fsp3) is 0.786. The standard InChI is InChI=1S/C14H25N3O/c1-3-12(2)17-9-7-13(16-17)11-15-8-6-14-5-4-10-18-14/h7,9,12,14-15H,3-6,8,10-11H2,1-2H3. The molecule has 1 aliphatic rings. The highest BCUT2D eigenvalue weighted by Crippen LogP contribution is 2.14. The second-order valence-electron chi connectivity index (χ2n) is 5.14. The van der Waals surface area contributed by atoms with E-state index in [0.717, 1.165) is 38.2 Å². The van der Waals surface area contributed by atoms with E-state index in [4.69, 9.17) is 4.74 Å². The molecule has 1 aliphatic heterocycles. The Kier molecular flexibility index (Phi) is 5.20. The van der Waals surface area contributed by atoms with Gasteiger partial charge in [0.2, 0.25) is 0 Å². The number of hydrogen-bond donors (Lipinski definition) is 1. The molecule has 0 radical (unpaired) electrons. The lowest BCUT2D eigenvalue weighted by Crippen LogP contribution is -2.20. The first-order valence-corrected chi connectivity index (χ1v) is 7.16. The number of nitrogens with one attached hydrogen (secondary N) is 1. The van der Waals surface area contributed by atoms with E-state index in [-0.39, 0.29) is 0 Å². The Morgan fingerprint density at radius 2 is 2.50 bits per heavy atom. The molecule has 102 valence electrons. The highest BCUT2D eigenvalue weighted by Gasteiger charge is 2.14. The minimum absolute atomic E-state index is 0.482. The quantitative estimate of drug-likeness (QED) is 0.757. The third-order valence-electron chi connectivity index (χ3n) is 3.68. The average molecular weight is 251 g/mol. The largest absolute Gasteiger partial charge is 0.378 e. The predicted molar refractivity (Wildman–Crippen MR) is 72.5 cm³/mol. The molecule has 2 unspecified atom stereocenters. The van der Waals surface area contributed by atoms with Gasteiger partial charge in [0.05, 0.1) is 11.8 Å². The second-order valence-corrected chi connectivity index (χ2v) is 5.14. The van der Waals surface area contributed by atoms with Crippen molar-refractivity contribution in [3.63, 3.8) is 0 Å². The topological polar surface area (TPSA) is 39.1 Å². The lowest BCUT2D eigenvalue weighted by atomic mass is 10.2. The van der Waals surface area contributed by atoms with E-state index < -0.39 is 0 Å². The van der Waals surface area contributed by atoms with Crippen LogP contribution in [0.5, 0.6) is 0 Å². The molecule has 1 aromatic heterocycles. The van der Waals surface area contributed by atoms with Gasteiger partial charge in [-0.1, -0.05) is 6.92 Å². The van der Waals surface area contributed by atoms with Gasteiger partial charge in [-0.2, -0.15) is 5.10 Å². The Bertz CT molecular complexity index is 345. The van der Waals surface area contributed by atoms with Gasteiger partial charge in [-0.3, -0.25) is 4.68 Å². The van der Waals surface area contributed by atoms with Gasteiger partial charge in [0, 0.05) is 25.4 Å². The van der Waals surface area contributed by atoms with E-state index in [0.29, 0.717) is 12.1 Å². The molecule has 0 aromatic carbocycles. The maximum Gasteiger partial charge on any atom is 0.0762 e. The fourth-order valence-electron chi connectivity index (χ4n) is 2.26. The van der Waals surface area contributed by atoms with E-state index in [1.54, 1.807) is 0 Å². The maximum atomic E-state index is 5.60. The van der Waals surface area contributed by atoms with Crippen LogP contribution in [-0.4, -0.2) is 29.0 Å². The van der Waals surface area contributed by atoms with Crippen LogP contribution >= 0.6 is 0 Å². The zero-order chi connectivity index (χ0) is 12.8. The van der Waals surface area contributed by atoms with Crippen LogP contribution in [0.4, 0.5) is 0 Å². The van der Waals surface area contributed by atoms with Crippen LogP contribution in [0, 0.1) is 0 Å². The van der Waals surface area contributed by atoms with Crippen LogP contribution in [0.15, 0.2) is 12.3 Å². The van der Waals surface area contributed by atoms with Crippen molar-refractivity contribution < 1.29 is 4.74 Å². The third-order valence-corrected chi connectivity index (χ3v) is 3.68. The summed E-state index contributed by atoms with van der Waals surface area (Å²) in [4.78, 5) is 0. The molecule has 4 nitrogen and oxygen atoms in total. The highest BCUT2D eigenvalue weighted by atomic mass is 16.5. The summed E-state index contributed by atoms with van der Waals surface area (Å²) in [6.45, 7) is 7.20. The molecule has 1 fully saturated rings. The molecule has 2 heterocycles. The Labute approximate surface area is 110 Å². The van der Waals surface area contributed by atoms with Gasteiger partial charge in [-0.15, -0.1) is 0 Å². The van der Waals surface area contributed by atoms with Crippen molar-refractivity contribution in [1.29, 1.82) is 0 Å². The van der Waals surface area contributed by atoms with Crippen LogP contribution in [-0.2, 0) is 11.3 Å². The summed E-state index contributed by atoms with van der Waals surface area (Å²) >= 11 is 0. The number of aromatic nitrogens is 2. The molecule has 1 N–H and O–H groups in total. The molecule has 2 rings (SSSR count). The smallest absolute Gasteiger partial charge is 0.0762 e. The van der Waals surface area contributed by atoms with Crippen LogP contribution in [0.25, 0.3) is 0 Å². The molecule has 1 aromatic rings. The summed E-state index contributed by atoms with van der Waals surface area (Å²) in [5.74, 6) is 0. The van der Waals surface area contributed by atoms with Crippen molar-refractivity contribution in [3.8, 4) is 0 Å². The maximum absolute atomic E-state index is 5.60. The molecular formula is C14H25N3O. The molecule has 0 spiro atoms. The van der Waals surface area contributed by atoms with Crippen molar-refractivity contribution in [3.05, 3.63) is 18.0 Å². The molecule has 0 aliphatic carbocycles. The average Bonchev–Trinajstić information content (AvgIpc) is 3.05. The molecule has 0 amide bonds. The summed E-state index contributed by atoms with van der Waals surface area (Å²) in [7, 11) is 0. The molecule has 18 heavy (non-hydrogen) atoms. The third kappa shape index (κ3) is 3.82. The monoisotopic (exact) mass is 251 g/mol. The van der Waals surface area contributed by atoms with Gasteiger partial charge < -0.3 is 10.1 Å². The Morgan fingerprint density at radius 1 is 1.61 bits per heavy atom. The van der Waals surface area contributed by atoms with Gasteiger partial charge in [-0.25, -0.2) is 0 Å². The van der Waals surface area contributed by atoms with E-state index >= 15 is 0 Å². The predicted octanol–water partition coefficient (Wildman–Crippen LogP) is 2.51. The van der Waals surface area contributed by atoms with E-state index in [9.17, 15) is 0 Å². The molecule has 4 heteroatoms. The Morgan fingerprint density at radius 3 is 3.22 bits per heavy atom. The zero-order valence-corrected chi connectivity index (χ0v) is 11.6. The van der Waals surface area contributed by atoms with Gasteiger partial charge in [0.15, 0.2) is 0 Å². The summed E-state index contributed by atoms with van der Waals surface area (Å²) in [5, 5.41) is 8.02. The van der Waals surface area contributed by atoms with Gasteiger partial charge in [0.1, 0.15) is 0 Å². The van der Waals surface area contributed by atoms with Gasteiger partial charge in [0.25, 0.3) is 0 Å². The van der Waals surface area contributed by atoms with Crippen LogP contribution in [0.1, 0.15) is 51.3 Å². The Hall–Kier alpha value is -0.870. The molecule has 0 saturated carbocycles. The minimum atomic E-state index is 0.482. The lowest BCUT2D eigenvalue weighted by Gasteiger charge is -2.10. The van der Waals surface area contributed by atoms with E-state index in [1.165, 1.54) is 12.8 Å². The number of rotatable bonds is 7. The summed E-state index contributed by atoms with van der Waals surface area (Å²) < 4.78 is 7.65. The van der Waals surface area contributed by atoms with E-state index in [1.807, 2.05) is 0 Å². The van der Waals surface area contributed by atoms with Crippen molar-refractivity contribution in [2.75, 3.05) is 13.2 Å². The first-order chi connectivity index (χ1) is 8.79. The first kappa shape index (κ1) is 13.6. The first-order valence-electron chi connectivity index (χ1n) is 7.16. The van der Waals surface area contributed by atoms with Gasteiger partial charge >= 0.3 is 0 Å². The van der Waals surface area contributed by atoms with E-state index in [2.05, 4.69) is 41.2 Å². The van der Waals surface area contributed by atoms with Crippen molar-refractivity contribution in [2.45, 2.75) is 58.2 Å². The summed E-state index contributed by atoms with van der Waals surface area (Å²) in [6.07, 6.45) is 7.24. The Balaban J connectivity index is 1.65. The van der Waals surface area contributed by atoms with Crippen LogP contribution in [0.3, 0.4) is 0 Å². The number of nitrogens with zero attached hydrogens (tertiary/aromatic N) is 2. The van der Waals surface area contributed by atoms with Crippen LogP contribution < -0.4 is 5.32 Å². The van der Waals surface area contributed by atoms with Gasteiger partial charge in [-0.05, 0) is 45.2 Å². The fourth-order valence-corrected chi connectivity index (χ4v) is 2.26.